The molecular weight excluding hydrogens is 713 g/mol. The molecule has 0 atom stereocenters. The van der Waals surface area contributed by atoms with Gasteiger partial charge in [-0.25, -0.2) is 0 Å². The molecule has 6 aromatic rings. The molecule has 8 heteroatoms. The number of allylic oxidation sites excluding steroid dienone is 10. The maximum Gasteiger partial charge on any atom is 0.0486 e. The number of aromatic nitrogens is 4. The van der Waals surface area contributed by atoms with Crippen LogP contribution in [-0.4, -0.2) is 29.7 Å². The van der Waals surface area contributed by atoms with Crippen molar-refractivity contribution in [1.82, 2.24) is 19.9 Å². The Balaban J connectivity index is 1.44. The first kappa shape index (κ1) is 32.5. The predicted molar refractivity (Wildman–Crippen MR) is 227 cm³/mol. The summed E-state index contributed by atoms with van der Waals surface area (Å²) in [5, 5.41) is 1.88. The highest BCUT2D eigenvalue weighted by Gasteiger charge is 2.24. The van der Waals surface area contributed by atoms with Crippen LogP contribution in [0.4, 0.5) is 0 Å². The minimum absolute atomic E-state index is 0.764. The van der Waals surface area contributed by atoms with Crippen LogP contribution in [0.15, 0.2) is 167 Å². The highest BCUT2D eigenvalue weighted by atomic mass is 32.1. The molecule has 2 aromatic carbocycles. The molecule has 4 N–H and O–H groups in total. The minimum Gasteiger partial charge on any atom is -0.354 e. The van der Waals surface area contributed by atoms with Gasteiger partial charge in [0.25, 0.3) is 0 Å². The predicted octanol–water partition coefficient (Wildman–Crippen LogP) is 8.98. The molecule has 0 radical (unpaired) electrons. The van der Waals surface area contributed by atoms with Gasteiger partial charge in [-0.05, 0) is 83.9 Å². The van der Waals surface area contributed by atoms with Gasteiger partial charge < -0.3 is 19.9 Å². The Bertz CT molecular complexity index is 2610. The van der Waals surface area contributed by atoms with Gasteiger partial charge in [0, 0.05) is 97.8 Å². The number of thiol groups is 2. The number of aromatic amines is 4. The van der Waals surface area contributed by atoms with E-state index in [0.717, 1.165) is 109 Å². The summed E-state index contributed by atoms with van der Waals surface area (Å²) < 4.78 is 0. The molecule has 9 rings (SSSR count). The van der Waals surface area contributed by atoms with Crippen LogP contribution >= 0.6 is 49.7 Å². The van der Waals surface area contributed by atoms with Crippen molar-refractivity contribution < 1.29 is 0 Å². The molecule has 250 valence electrons. The average molecular weight is 743 g/mol. The number of rotatable bonds is 2. The molecule has 0 unspecified atom stereocenters. The van der Waals surface area contributed by atoms with Crippen LogP contribution in [0, 0.1) is 0 Å². The molecule has 3 aliphatic rings. The number of hydrogen-bond donors (Lipinski definition) is 6. The van der Waals surface area contributed by atoms with Gasteiger partial charge in [0.05, 0.1) is 0 Å². The summed E-state index contributed by atoms with van der Waals surface area (Å²) in [7, 11) is 0. The lowest BCUT2D eigenvalue weighted by Gasteiger charge is -2.15. The van der Waals surface area contributed by atoms with Gasteiger partial charge >= 0.3 is 0 Å². The third kappa shape index (κ3) is 5.65. The van der Waals surface area contributed by atoms with Crippen molar-refractivity contribution in [2.45, 2.75) is 9.79 Å². The van der Waals surface area contributed by atoms with Crippen LogP contribution in [0.25, 0.3) is 22.3 Å². The number of H-pyrrole nitrogens is 4. The van der Waals surface area contributed by atoms with E-state index in [9.17, 15) is 0 Å². The Kier molecular flexibility index (Phi) is 8.32. The summed E-state index contributed by atoms with van der Waals surface area (Å²) in [4.78, 5) is 18.5. The molecule has 52 heavy (non-hydrogen) atoms. The van der Waals surface area contributed by atoms with Crippen LogP contribution < -0.4 is 10.7 Å². The Hall–Kier alpha value is -5.38. The Morgan fingerprint density at radius 2 is 0.712 bits per heavy atom. The van der Waals surface area contributed by atoms with Crippen molar-refractivity contribution >= 4 is 81.7 Å². The number of thiocarbonyl (C=S) groups is 2. The monoisotopic (exact) mass is 742 g/mol. The van der Waals surface area contributed by atoms with E-state index in [2.05, 4.69) is 92.8 Å². The third-order valence-corrected chi connectivity index (χ3v) is 11.1. The van der Waals surface area contributed by atoms with E-state index in [0.29, 0.717) is 0 Å². The van der Waals surface area contributed by atoms with E-state index in [1.807, 2.05) is 72.9 Å². The Morgan fingerprint density at radius 3 is 1.08 bits per heavy atom. The quantitative estimate of drug-likeness (QED) is 0.0609. The van der Waals surface area contributed by atoms with Crippen LogP contribution in [0.3, 0.4) is 0 Å². The van der Waals surface area contributed by atoms with Crippen molar-refractivity contribution in [3.8, 4) is 0 Å². The van der Waals surface area contributed by atoms with E-state index >= 15 is 0 Å². The first-order valence-electron chi connectivity index (χ1n) is 16.8. The molecule has 1 aliphatic heterocycles. The topological polar surface area (TPSA) is 63.2 Å². The van der Waals surface area contributed by atoms with E-state index in [1.54, 1.807) is 0 Å². The summed E-state index contributed by atoms with van der Waals surface area (Å²) >= 11 is 21.7. The molecule has 2 aliphatic carbocycles. The molecule has 0 spiro atoms. The lowest BCUT2D eigenvalue weighted by Crippen LogP contribution is -2.18. The lowest BCUT2D eigenvalue weighted by atomic mass is 9.96. The summed E-state index contributed by atoms with van der Waals surface area (Å²) in [5.74, 6) is 0. The minimum atomic E-state index is 0.764. The zero-order chi connectivity index (χ0) is 35.3. The number of fused-ring (bicyclic) bond motifs is 8. The van der Waals surface area contributed by atoms with E-state index in [-0.39, 0.29) is 0 Å². The van der Waals surface area contributed by atoms with Gasteiger partial charge in [-0.1, -0.05) is 97.3 Å². The second-order valence-electron chi connectivity index (χ2n) is 12.7. The Labute approximate surface area is 322 Å². The van der Waals surface area contributed by atoms with Gasteiger partial charge in [-0.15, -0.1) is 25.3 Å². The van der Waals surface area contributed by atoms with E-state index in [1.165, 1.54) is 0 Å². The summed E-state index contributed by atoms with van der Waals surface area (Å²) in [6.07, 6.45) is 16.1. The first-order chi connectivity index (χ1) is 25.4. The SMILES string of the molecule is S=C1C=CC=C/C1=C1/c2ccc([nH]2)/C(c2ccccc2S)=c2/cc/c([nH]2)=C(\c2ccccc2S)c2ccc([nH]2)/C(=C2\C=CC=CC2=S)c2ccc1[nH]2. The van der Waals surface area contributed by atoms with Gasteiger partial charge in [-0.2, -0.15) is 0 Å². The maximum atomic E-state index is 5.94. The van der Waals surface area contributed by atoms with Gasteiger partial charge in [0.1, 0.15) is 0 Å². The van der Waals surface area contributed by atoms with Crippen LogP contribution in [-0.2, 0) is 0 Å². The van der Waals surface area contributed by atoms with Crippen molar-refractivity contribution in [2.24, 2.45) is 0 Å². The first-order valence-corrected chi connectivity index (χ1v) is 18.5. The molecule has 0 saturated heterocycles. The maximum absolute atomic E-state index is 5.94. The molecule has 8 bridgehead atoms. The Morgan fingerprint density at radius 1 is 0.365 bits per heavy atom. The zero-order valence-electron chi connectivity index (χ0n) is 27.6. The second kappa shape index (κ2) is 13.3. The number of benzene rings is 2. The highest BCUT2D eigenvalue weighted by molar-refractivity contribution is 7.81. The molecule has 4 nitrogen and oxygen atoms in total. The van der Waals surface area contributed by atoms with Crippen LogP contribution in [0.5, 0.6) is 0 Å². The molecule has 4 aromatic heterocycles. The fourth-order valence-corrected chi connectivity index (χ4v) is 8.25. The van der Waals surface area contributed by atoms with Gasteiger partial charge in [-0.3, -0.25) is 0 Å². The normalized spacial score (nSPS) is 20.3. The van der Waals surface area contributed by atoms with Crippen molar-refractivity contribution in [3.63, 3.8) is 0 Å². The highest BCUT2D eigenvalue weighted by Crippen LogP contribution is 2.36. The molecule has 0 saturated carbocycles. The zero-order valence-corrected chi connectivity index (χ0v) is 31.0. The summed E-state index contributed by atoms with van der Waals surface area (Å²) in [6.45, 7) is 0. The summed E-state index contributed by atoms with van der Waals surface area (Å²) in [5.41, 5.74) is 13.4. The van der Waals surface area contributed by atoms with Crippen molar-refractivity contribution in [2.75, 3.05) is 0 Å². The molecular formula is C44H30N4S4. The fourth-order valence-electron chi connectivity index (χ4n) is 7.20. The standard InChI is InChI=1S/C44H30N4S4/c49-37-13-5-1-9-25(37)41-29-17-19-31(45-29)42(26-10-2-6-14-38(26)50)33-21-23-35(47-33)44(28-12-4-8-16-40(28)52)36-24-22-34(48-36)43(32-20-18-30(41)46-32)27-11-3-7-15-39(27)51/h1-24,45-50H/b41-29-,42-31-,43-27-,44-28+. The number of hydrogen-bond acceptors (Lipinski definition) is 4. The van der Waals surface area contributed by atoms with Gasteiger partial charge in [0.2, 0.25) is 0 Å². The van der Waals surface area contributed by atoms with Crippen molar-refractivity contribution in [1.29, 1.82) is 0 Å². The molecule has 0 fully saturated rings. The van der Waals surface area contributed by atoms with Crippen molar-refractivity contribution in [3.05, 3.63) is 213 Å². The number of nitrogens with one attached hydrogen (secondary N) is 4. The second-order valence-corrected chi connectivity index (χ2v) is 14.5. The summed E-state index contributed by atoms with van der Waals surface area (Å²) in [6, 6.07) is 33.4. The smallest absolute Gasteiger partial charge is 0.0486 e. The van der Waals surface area contributed by atoms with Crippen LogP contribution in [0.2, 0.25) is 0 Å². The van der Waals surface area contributed by atoms with E-state index in [4.69, 9.17) is 49.7 Å². The molecule has 5 heterocycles. The fraction of sp³-hybridized carbons (Fsp3) is 0. The third-order valence-electron chi connectivity index (χ3n) is 9.56. The van der Waals surface area contributed by atoms with Crippen LogP contribution in [0.1, 0.15) is 45.3 Å². The molecule has 0 amide bonds. The lowest BCUT2D eigenvalue weighted by molar-refractivity contribution is 1.18. The van der Waals surface area contributed by atoms with Gasteiger partial charge in [0.15, 0.2) is 0 Å². The van der Waals surface area contributed by atoms with E-state index < -0.39 is 0 Å². The average Bonchev–Trinajstić information content (AvgIpc) is 3.99. The largest absolute Gasteiger partial charge is 0.354 e.